The van der Waals surface area contributed by atoms with Crippen molar-refractivity contribution in [2.24, 2.45) is 0 Å². The van der Waals surface area contributed by atoms with E-state index in [1.165, 1.54) is 6.08 Å². The molecular formula is C13H18O2S. The number of benzene rings is 1. The predicted molar refractivity (Wildman–Crippen MR) is 67.4 cm³/mol. The van der Waals surface area contributed by atoms with Crippen LogP contribution in [0.15, 0.2) is 41.8 Å². The number of hydrogen-bond acceptors (Lipinski definition) is 2. The van der Waals surface area contributed by atoms with Crippen LogP contribution in [0.1, 0.15) is 26.3 Å². The summed E-state index contributed by atoms with van der Waals surface area (Å²) in [5.41, 5.74) is 0.682. The second kappa shape index (κ2) is 4.42. The van der Waals surface area contributed by atoms with Crippen molar-refractivity contribution < 1.29 is 8.42 Å². The first-order chi connectivity index (χ1) is 7.29. The Kier molecular flexibility index (Phi) is 3.58. The van der Waals surface area contributed by atoms with Gasteiger partial charge in [-0.1, -0.05) is 45.0 Å². The Morgan fingerprint density at radius 3 is 2.31 bits per heavy atom. The zero-order chi connectivity index (χ0) is 12.4. The van der Waals surface area contributed by atoms with Crippen molar-refractivity contribution in [3.8, 4) is 0 Å². The normalized spacial score (nSPS) is 12.4. The van der Waals surface area contributed by atoms with Gasteiger partial charge in [0.15, 0.2) is 9.84 Å². The minimum Gasteiger partial charge on any atom is -0.223 e. The minimum atomic E-state index is -3.24. The Bertz CT molecular complexity index is 479. The summed E-state index contributed by atoms with van der Waals surface area (Å²) in [7, 11) is -3.24. The van der Waals surface area contributed by atoms with Crippen molar-refractivity contribution in [3.05, 3.63) is 42.5 Å². The molecule has 0 saturated heterocycles. The van der Waals surface area contributed by atoms with Crippen molar-refractivity contribution in [3.63, 3.8) is 0 Å². The molecule has 0 aliphatic carbocycles. The molecule has 1 rings (SSSR count). The van der Waals surface area contributed by atoms with Crippen molar-refractivity contribution in [2.75, 3.05) is 5.75 Å². The molecule has 2 nitrogen and oxygen atoms in total. The fourth-order valence-corrected chi connectivity index (χ4v) is 3.09. The van der Waals surface area contributed by atoms with Crippen LogP contribution in [-0.4, -0.2) is 14.2 Å². The molecule has 3 heteroatoms. The topological polar surface area (TPSA) is 34.1 Å². The fraction of sp³-hybridized carbons (Fsp3) is 0.385. The average molecular weight is 238 g/mol. The molecule has 0 amide bonds. The van der Waals surface area contributed by atoms with Gasteiger partial charge in [-0.25, -0.2) is 8.42 Å². The molecule has 1 aromatic rings. The molecular weight excluding hydrogens is 220 g/mol. The quantitative estimate of drug-likeness (QED) is 0.759. The third kappa shape index (κ3) is 2.73. The Morgan fingerprint density at radius 1 is 1.25 bits per heavy atom. The van der Waals surface area contributed by atoms with Crippen LogP contribution in [-0.2, 0) is 15.3 Å². The van der Waals surface area contributed by atoms with Gasteiger partial charge in [0, 0.05) is 0 Å². The van der Waals surface area contributed by atoms with Gasteiger partial charge in [0.05, 0.1) is 10.6 Å². The fourth-order valence-electron chi connectivity index (χ4n) is 1.60. The van der Waals surface area contributed by atoms with Crippen LogP contribution < -0.4 is 0 Å². The highest BCUT2D eigenvalue weighted by Crippen LogP contribution is 2.29. The van der Waals surface area contributed by atoms with Crippen molar-refractivity contribution in [1.29, 1.82) is 0 Å². The lowest BCUT2D eigenvalue weighted by molar-refractivity contribution is 0.562. The summed E-state index contributed by atoms with van der Waals surface area (Å²) in [6.07, 6.45) is 1.43. The van der Waals surface area contributed by atoms with Crippen LogP contribution in [0.2, 0.25) is 0 Å². The van der Waals surface area contributed by atoms with E-state index >= 15 is 0 Å². The molecule has 0 aromatic heterocycles. The summed E-state index contributed by atoms with van der Waals surface area (Å²) < 4.78 is 24.1. The van der Waals surface area contributed by atoms with E-state index < -0.39 is 9.84 Å². The van der Waals surface area contributed by atoms with Gasteiger partial charge in [-0.3, -0.25) is 0 Å². The Balaban J connectivity index is 3.41. The third-order valence-electron chi connectivity index (χ3n) is 2.37. The average Bonchev–Trinajstić information content (AvgIpc) is 2.16. The van der Waals surface area contributed by atoms with Gasteiger partial charge in [0.1, 0.15) is 0 Å². The van der Waals surface area contributed by atoms with Gasteiger partial charge in [-0.05, 0) is 17.0 Å². The molecule has 0 aliphatic rings. The van der Waals surface area contributed by atoms with Gasteiger partial charge in [0.2, 0.25) is 0 Å². The lowest BCUT2D eigenvalue weighted by Crippen LogP contribution is -2.17. The number of rotatable bonds is 3. The van der Waals surface area contributed by atoms with Gasteiger partial charge < -0.3 is 0 Å². The maximum absolute atomic E-state index is 12.0. The smallest absolute Gasteiger partial charge is 0.182 e. The Labute approximate surface area is 97.9 Å². The van der Waals surface area contributed by atoms with Crippen LogP contribution in [0.4, 0.5) is 0 Å². The van der Waals surface area contributed by atoms with Gasteiger partial charge in [-0.15, -0.1) is 6.58 Å². The molecule has 0 radical (unpaired) electrons. The van der Waals surface area contributed by atoms with Crippen molar-refractivity contribution in [1.82, 2.24) is 0 Å². The molecule has 0 saturated carbocycles. The molecule has 0 heterocycles. The predicted octanol–water partition coefficient (Wildman–Crippen LogP) is 2.94. The highest BCUT2D eigenvalue weighted by atomic mass is 32.2. The Morgan fingerprint density at radius 2 is 1.81 bits per heavy atom. The summed E-state index contributed by atoms with van der Waals surface area (Å²) in [4.78, 5) is 0.419. The second-order valence-electron chi connectivity index (χ2n) is 4.82. The van der Waals surface area contributed by atoms with Crippen LogP contribution in [0.3, 0.4) is 0 Å². The van der Waals surface area contributed by atoms with E-state index in [1.807, 2.05) is 32.9 Å². The maximum atomic E-state index is 12.0. The van der Waals surface area contributed by atoms with Crippen LogP contribution in [0, 0.1) is 0 Å². The molecule has 88 valence electrons. The van der Waals surface area contributed by atoms with E-state index in [0.717, 1.165) is 5.56 Å². The van der Waals surface area contributed by atoms with E-state index in [1.54, 1.807) is 12.1 Å². The van der Waals surface area contributed by atoms with Crippen LogP contribution >= 0.6 is 0 Å². The molecule has 0 aliphatic heterocycles. The largest absolute Gasteiger partial charge is 0.223 e. The summed E-state index contributed by atoms with van der Waals surface area (Å²) in [5, 5.41) is 0. The molecule has 16 heavy (non-hydrogen) atoms. The van der Waals surface area contributed by atoms with Crippen LogP contribution in [0.5, 0.6) is 0 Å². The Hall–Kier alpha value is -1.09. The molecule has 0 spiro atoms. The highest BCUT2D eigenvalue weighted by Gasteiger charge is 2.24. The van der Waals surface area contributed by atoms with Crippen molar-refractivity contribution >= 4 is 9.84 Å². The molecule has 0 unspecified atom stereocenters. The summed E-state index contributed by atoms with van der Waals surface area (Å²) in [6.45, 7) is 9.51. The lowest BCUT2D eigenvalue weighted by Gasteiger charge is -2.22. The third-order valence-corrected chi connectivity index (χ3v) is 4.07. The molecule has 0 atom stereocenters. The van der Waals surface area contributed by atoms with Gasteiger partial charge in [0.25, 0.3) is 0 Å². The highest BCUT2D eigenvalue weighted by molar-refractivity contribution is 7.91. The standard InChI is InChI=1S/C13H18O2S/c1-5-10-16(14,15)12-9-7-6-8-11(12)13(2,3)4/h5-9H,1,10H2,2-4H3. The first-order valence-corrected chi connectivity index (χ1v) is 6.87. The zero-order valence-corrected chi connectivity index (χ0v) is 10.8. The first-order valence-electron chi connectivity index (χ1n) is 5.22. The summed E-state index contributed by atoms with van der Waals surface area (Å²) in [5.74, 6) is -0.0138. The van der Waals surface area contributed by atoms with E-state index in [2.05, 4.69) is 6.58 Å². The minimum absolute atomic E-state index is 0.0138. The van der Waals surface area contributed by atoms with Crippen molar-refractivity contribution in [2.45, 2.75) is 31.1 Å². The number of sulfone groups is 1. The second-order valence-corrected chi connectivity index (χ2v) is 6.82. The molecule has 0 fully saturated rings. The number of hydrogen-bond donors (Lipinski definition) is 0. The van der Waals surface area contributed by atoms with E-state index in [9.17, 15) is 8.42 Å². The molecule has 1 aromatic carbocycles. The lowest BCUT2D eigenvalue weighted by atomic mass is 9.87. The molecule has 0 N–H and O–H groups in total. The van der Waals surface area contributed by atoms with E-state index in [-0.39, 0.29) is 11.2 Å². The first kappa shape index (κ1) is 13.0. The summed E-state index contributed by atoms with van der Waals surface area (Å²) >= 11 is 0. The molecule has 0 bridgehead atoms. The summed E-state index contributed by atoms with van der Waals surface area (Å²) in [6, 6.07) is 7.16. The van der Waals surface area contributed by atoms with Crippen LogP contribution in [0.25, 0.3) is 0 Å². The van der Waals surface area contributed by atoms with E-state index in [4.69, 9.17) is 0 Å². The van der Waals surface area contributed by atoms with Gasteiger partial charge in [-0.2, -0.15) is 0 Å². The zero-order valence-electron chi connectivity index (χ0n) is 10.0. The van der Waals surface area contributed by atoms with E-state index in [0.29, 0.717) is 4.90 Å². The monoisotopic (exact) mass is 238 g/mol. The SMILES string of the molecule is C=CCS(=O)(=O)c1ccccc1C(C)(C)C. The van der Waals surface area contributed by atoms with Gasteiger partial charge >= 0.3 is 0 Å². The maximum Gasteiger partial charge on any atom is 0.182 e.